The minimum atomic E-state index is -3.74. The Morgan fingerprint density at radius 1 is 1.06 bits per heavy atom. The molecule has 32 heavy (non-hydrogen) atoms. The van der Waals surface area contributed by atoms with E-state index in [4.69, 9.17) is 0 Å². The first-order chi connectivity index (χ1) is 15.4. The molecular weight excluding hydrogens is 466 g/mol. The van der Waals surface area contributed by atoms with Crippen molar-refractivity contribution in [1.82, 2.24) is 14.9 Å². The zero-order chi connectivity index (χ0) is 22.6. The van der Waals surface area contributed by atoms with Gasteiger partial charge in [-0.15, -0.1) is 22.7 Å². The fourth-order valence-electron chi connectivity index (χ4n) is 3.47. The van der Waals surface area contributed by atoms with Gasteiger partial charge in [0.05, 0.1) is 4.90 Å². The van der Waals surface area contributed by atoms with E-state index in [1.54, 1.807) is 17.4 Å². The van der Waals surface area contributed by atoms with Gasteiger partial charge < -0.3 is 10.2 Å². The largest absolute Gasteiger partial charge is 0.352 e. The van der Waals surface area contributed by atoms with Crippen LogP contribution in [0.5, 0.6) is 0 Å². The van der Waals surface area contributed by atoms with E-state index in [0.29, 0.717) is 13.1 Å². The maximum Gasteiger partial charge on any atom is 0.251 e. The number of carbonyl (C=O) groups is 2. The van der Waals surface area contributed by atoms with Crippen LogP contribution in [0.15, 0.2) is 58.1 Å². The third-order valence-electron chi connectivity index (χ3n) is 5.21. The number of sulfonamides is 1. The number of rotatable bonds is 8. The van der Waals surface area contributed by atoms with E-state index >= 15 is 0 Å². The average Bonchev–Trinajstić information content (AvgIpc) is 3.49. The molecule has 0 unspecified atom stereocenters. The zero-order valence-corrected chi connectivity index (χ0v) is 19.7. The Hall–Kier alpha value is -2.53. The van der Waals surface area contributed by atoms with E-state index in [9.17, 15) is 18.0 Å². The highest BCUT2D eigenvalue weighted by molar-refractivity contribution is 7.89. The van der Waals surface area contributed by atoms with E-state index in [1.165, 1.54) is 40.0 Å². The third kappa shape index (κ3) is 5.44. The predicted molar refractivity (Wildman–Crippen MR) is 125 cm³/mol. The standard InChI is InChI=1S/C22H23N3O4S3/c26-21(25-10-7-20-17(15-25)8-12-31-20)6-9-23-22(27)16-3-1-5-19(13-16)32(28,29)24-14-18-4-2-11-30-18/h1-5,8,11-13,24H,6-7,9-10,14-15H2,(H,23,27). The SMILES string of the molecule is O=C(NCCC(=O)N1CCc2sccc2C1)c1cccc(S(=O)(=O)NCc2cccs2)c1. The van der Waals surface area contributed by atoms with Gasteiger partial charge in [-0.05, 0) is 53.1 Å². The van der Waals surface area contributed by atoms with Crippen LogP contribution in [0, 0.1) is 0 Å². The number of carbonyl (C=O) groups excluding carboxylic acids is 2. The molecule has 2 amide bonds. The quantitative estimate of drug-likeness (QED) is 0.509. The van der Waals surface area contributed by atoms with Crippen molar-refractivity contribution in [2.24, 2.45) is 0 Å². The van der Waals surface area contributed by atoms with Gasteiger partial charge in [0.25, 0.3) is 5.91 Å². The molecule has 2 N–H and O–H groups in total. The van der Waals surface area contributed by atoms with E-state index < -0.39 is 15.9 Å². The summed E-state index contributed by atoms with van der Waals surface area (Å²) >= 11 is 3.19. The summed E-state index contributed by atoms with van der Waals surface area (Å²) in [4.78, 5) is 29.1. The molecule has 0 fully saturated rings. The third-order valence-corrected chi connectivity index (χ3v) is 8.51. The topological polar surface area (TPSA) is 95.6 Å². The monoisotopic (exact) mass is 489 g/mol. The maximum absolute atomic E-state index is 12.6. The van der Waals surface area contributed by atoms with Gasteiger partial charge in [0, 0.05) is 47.9 Å². The molecule has 0 bridgehead atoms. The summed E-state index contributed by atoms with van der Waals surface area (Å²) in [5.74, 6) is -0.414. The minimum absolute atomic E-state index is 0.00347. The lowest BCUT2D eigenvalue weighted by Gasteiger charge is -2.27. The molecule has 0 saturated carbocycles. The van der Waals surface area contributed by atoms with Crippen molar-refractivity contribution in [1.29, 1.82) is 0 Å². The van der Waals surface area contributed by atoms with Crippen LogP contribution >= 0.6 is 22.7 Å². The summed E-state index contributed by atoms with van der Waals surface area (Å²) in [5, 5.41) is 6.64. The van der Waals surface area contributed by atoms with E-state index in [1.807, 2.05) is 27.8 Å². The van der Waals surface area contributed by atoms with Gasteiger partial charge in [-0.3, -0.25) is 9.59 Å². The van der Waals surface area contributed by atoms with Crippen molar-refractivity contribution in [2.45, 2.75) is 30.8 Å². The van der Waals surface area contributed by atoms with Crippen molar-refractivity contribution in [3.8, 4) is 0 Å². The Morgan fingerprint density at radius 2 is 1.94 bits per heavy atom. The molecule has 1 aromatic carbocycles. The van der Waals surface area contributed by atoms with Gasteiger partial charge >= 0.3 is 0 Å². The Balaban J connectivity index is 1.29. The highest BCUT2D eigenvalue weighted by Crippen LogP contribution is 2.24. The van der Waals surface area contributed by atoms with Crippen molar-refractivity contribution in [3.63, 3.8) is 0 Å². The Labute approximate surface area is 195 Å². The number of benzene rings is 1. The van der Waals surface area contributed by atoms with Gasteiger partial charge in [-0.2, -0.15) is 0 Å². The van der Waals surface area contributed by atoms with Crippen molar-refractivity contribution in [2.75, 3.05) is 13.1 Å². The maximum atomic E-state index is 12.6. The van der Waals surface area contributed by atoms with Gasteiger partial charge in [-0.25, -0.2) is 13.1 Å². The highest BCUT2D eigenvalue weighted by Gasteiger charge is 2.21. The van der Waals surface area contributed by atoms with Gasteiger partial charge in [-0.1, -0.05) is 12.1 Å². The molecule has 0 radical (unpaired) electrons. The Kier molecular flexibility index (Phi) is 7.04. The number of nitrogens with zero attached hydrogens (tertiary/aromatic N) is 1. The first-order valence-corrected chi connectivity index (χ1v) is 13.4. The lowest BCUT2D eigenvalue weighted by Crippen LogP contribution is -2.37. The van der Waals surface area contributed by atoms with Crippen LogP contribution < -0.4 is 10.0 Å². The molecule has 2 aromatic heterocycles. The fraction of sp³-hybridized carbons (Fsp3) is 0.273. The number of hydrogen-bond acceptors (Lipinski definition) is 6. The molecule has 0 aliphatic carbocycles. The van der Waals surface area contributed by atoms with E-state index in [2.05, 4.69) is 16.1 Å². The summed E-state index contributed by atoms with van der Waals surface area (Å²) in [7, 11) is -3.74. The second-order valence-corrected chi connectivity index (χ2v) is 11.2. The van der Waals surface area contributed by atoms with E-state index in [0.717, 1.165) is 11.3 Å². The number of fused-ring (bicyclic) bond motifs is 1. The Morgan fingerprint density at radius 3 is 2.75 bits per heavy atom. The molecule has 7 nitrogen and oxygen atoms in total. The number of amides is 2. The smallest absolute Gasteiger partial charge is 0.251 e. The van der Waals surface area contributed by atoms with Crippen LogP contribution in [0.1, 0.15) is 32.1 Å². The molecule has 10 heteroatoms. The van der Waals surface area contributed by atoms with Gasteiger partial charge in [0.2, 0.25) is 15.9 Å². The summed E-state index contributed by atoms with van der Waals surface area (Å²) in [6.07, 6.45) is 1.07. The second kappa shape index (κ2) is 9.95. The van der Waals surface area contributed by atoms with E-state index in [-0.39, 0.29) is 35.9 Å². The summed E-state index contributed by atoms with van der Waals surface area (Å²) < 4.78 is 27.7. The highest BCUT2D eigenvalue weighted by atomic mass is 32.2. The molecule has 0 saturated heterocycles. The predicted octanol–water partition coefficient (Wildman–Crippen LogP) is 2.99. The van der Waals surface area contributed by atoms with Crippen molar-refractivity contribution >= 4 is 44.5 Å². The molecular formula is C22H23N3O4S3. The summed E-state index contributed by atoms with van der Waals surface area (Å²) in [5.41, 5.74) is 1.43. The molecule has 0 atom stereocenters. The van der Waals surface area contributed by atoms with Crippen LogP contribution in [0.25, 0.3) is 0 Å². The van der Waals surface area contributed by atoms with Crippen LogP contribution in [0.2, 0.25) is 0 Å². The normalized spacial score (nSPS) is 13.6. The lowest BCUT2D eigenvalue weighted by atomic mass is 10.1. The second-order valence-electron chi connectivity index (χ2n) is 7.37. The van der Waals surface area contributed by atoms with Crippen LogP contribution in [-0.4, -0.2) is 38.2 Å². The molecule has 1 aliphatic rings. The lowest BCUT2D eigenvalue weighted by molar-refractivity contribution is -0.131. The van der Waals surface area contributed by atoms with Gasteiger partial charge in [0.15, 0.2) is 0 Å². The molecule has 3 aromatic rings. The average molecular weight is 490 g/mol. The zero-order valence-electron chi connectivity index (χ0n) is 17.2. The fourth-order valence-corrected chi connectivity index (χ4v) is 6.15. The molecule has 1 aliphatic heterocycles. The van der Waals surface area contributed by atoms with Crippen molar-refractivity contribution in [3.05, 3.63) is 74.1 Å². The first kappa shape index (κ1) is 22.7. The molecule has 0 spiro atoms. The van der Waals surface area contributed by atoms with Crippen LogP contribution in [-0.2, 0) is 34.3 Å². The van der Waals surface area contributed by atoms with Gasteiger partial charge in [0.1, 0.15) is 0 Å². The van der Waals surface area contributed by atoms with Crippen LogP contribution in [0.3, 0.4) is 0 Å². The number of nitrogens with one attached hydrogen (secondary N) is 2. The molecule has 4 rings (SSSR count). The summed E-state index contributed by atoms with van der Waals surface area (Å²) in [6.45, 7) is 1.70. The minimum Gasteiger partial charge on any atom is -0.352 e. The Bertz CT molecular complexity index is 1200. The first-order valence-electron chi connectivity index (χ1n) is 10.2. The number of thiophene rings is 2. The van der Waals surface area contributed by atoms with Crippen LogP contribution in [0.4, 0.5) is 0 Å². The van der Waals surface area contributed by atoms with Crippen molar-refractivity contribution < 1.29 is 18.0 Å². The molecule has 3 heterocycles. The number of hydrogen-bond donors (Lipinski definition) is 2. The summed E-state index contributed by atoms with van der Waals surface area (Å²) in [6, 6.07) is 11.6. The molecule has 168 valence electrons.